The summed E-state index contributed by atoms with van der Waals surface area (Å²) in [5.41, 5.74) is 0.348. The van der Waals surface area contributed by atoms with Crippen LogP contribution in [0.15, 0.2) is 24.3 Å². The zero-order valence-corrected chi connectivity index (χ0v) is 9.80. The number of hydrogen-bond donors (Lipinski definition) is 1. The maximum absolute atomic E-state index is 13.4. The molecule has 1 unspecified atom stereocenters. The molecule has 1 fully saturated rings. The molecule has 1 N–H and O–H groups in total. The van der Waals surface area contributed by atoms with Crippen LogP contribution in [-0.4, -0.2) is 35.0 Å². The summed E-state index contributed by atoms with van der Waals surface area (Å²) in [6.07, 6.45) is 0.456. The number of hydrogen-bond acceptors (Lipinski definition) is 2. The first kappa shape index (κ1) is 12.5. The van der Waals surface area contributed by atoms with Gasteiger partial charge in [-0.15, -0.1) is 0 Å². The average Bonchev–Trinajstić information content (AvgIpc) is 2.81. The molecule has 1 amide bonds. The molecule has 1 atom stereocenters. The maximum Gasteiger partial charge on any atom is 0.308 e. The van der Waals surface area contributed by atoms with Gasteiger partial charge in [-0.3, -0.25) is 9.59 Å². The summed E-state index contributed by atoms with van der Waals surface area (Å²) in [5.74, 6) is -1.99. The van der Waals surface area contributed by atoms with Crippen LogP contribution in [0.3, 0.4) is 0 Å². The Bertz CT molecular complexity index is 475. The minimum atomic E-state index is -0.879. The Morgan fingerprint density at radius 3 is 2.72 bits per heavy atom. The van der Waals surface area contributed by atoms with Crippen molar-refractivity contribution >= 4 is 11.9 Å². The summed E-state index contributed by atoms with van der Waals surface area (Å²) >= 11 is 0. The molecule has 1 saturated heterocycles. The van der Waals surface area contributed by atoms with Crippen LogP contribution < -0.4 is 0 Å². The molecule has 1 aromatic rings. The molecule has 1 aromatic carbocycles. The zero-order valence-electron chi connectivity index (χ0n) is 9.80. The van der Waals surface area contributed by atoms with Crippen LogP contribution in [0.1, 0.15) is 12.0 Å². The van der Waals surface area contributed by atoms with Crippen LogP contribution >= 0.6 is 0 Å². The summed E-state index contributed by atoms with van der Waals surface area (Å²) in [5, 5.41) is 8.85. The van der Waals surface area contributed by atoms with Gasteiger partial charge in [0.15, 0.2) is 0 Å². The molecule has 96 valence electrons. The topological polar surface area (TPSA) is 57.6 Å². The number of aliphatic carboxylic acids is 1. The highest BCUT2D eigenvalue weighted by atomic mass is 19.1. The second kappa shape index (κ2) is 5.16. The van der Waals surface area contributed by atoms with Gasteiger partial charge >= 0.3 is 5.97 Å². The summed E-state index contributed by atoms with van der Waals surface area (Å²) in [6, 6.07) is 6.12. The summed E-state index contributed by atoms with van der Waals surface area (Å²) in [4.78, 5) is 24.2. The molecular formula is C13H14FNO3. The smallest absolute Gasteiger partial charge is 0.308 e. The number of carbonyl (C=O) groups excluding carboxylic acids is 1. The standard InChI is InChI=1S/C13H14FNO3/c14-11-4-2-1-3-9(11)7-12(16)15-6-5-10(8-15)13(17)18/h1-4,10H,5-8H2,(H,17,18). The Kier molecular flexibility index (Phi) is 3.60. The van der Waals surface area contributed by atoms with E-state index in [4.69, 9.17) is 5.11 Å². The molecule has 1 aliphatic heterocycles. The molecule has 0 aromatic heterocycles. The van der Waals surface area contributed by atoms with Crippen LogP contribution in [0, 0.1) is 11.7 Å². The molecule has 5 heteroatoms. The summed E-state index contributed by atoms with van der Waals surface area (Å²) in [6.45, 7) is 0.660. The Labute approximate surface area is 104 Å². The van der Waals surface area contributed by atoms with Crippen molar-refractivity contribution in [1.29, 1.82) is 0 Å². The van der Waals surface area contributed by atoms with Crippen LogP contribution in [0.4, 0.5) is 4.39 Å². The number of benzene rings is 1. The first-order valence-electron chi connectivity index (χ1n) is 5.82. The highest BCUT2D eigenvalue weighted by molar-refractivity contribution is 5.80. The molecule has 18 heavy (non-hydrogen) atoms. The van der Waals surface area contributed by atoms with E-state index in [1.807, 2.05) is 0 Å². The van der Waals surface area contributed by atoms with E-state index in [9.17, 15) is 14.0 Å². The molecule has 1 aliphatic rings. The van der Waals surface area contributed by atoms with Crippen molar-refractivity contribution < 1.29 is 19.1 Å². The maximum atomic E-state index is 13.4. The van der Waals surface area contributed by atoms with Crippen molar-refractivity contribution in [3.8, 4) is 0 Å². The number of carboxylic acid groups (broad SMARTS) is 1. The second-order valence-electron chi connectivity index (χ2n) is 4.43. The highest BCUT2D eigenvalue weighted by Gasteiger charge is 2.30. The Morgan fingerprint density at radius 2 is 2.11 bits per heavy atom. The summed E-state index contributed by atoms with van der Waals surface area (Å²) < 4.78 is 13.4. The molecule has 0 radical (unpaired) electrons. The van der Waals surface area contributed by atoms with E-state index in [2.05, 4.69) is 0 Å². The van der Waals surface area contributed by atoms with Gasteiger partial charge in [-0.05, 0) is 18.1 Å². The Hall–Kier alpha value is -1.91. The van der Waals surface area contributed by atoms with Crippen LogP contribution in [0.2, 0.25) is 0 Å². The quantitative estimate of drug-likeness (QED) is 0.881. The van der Waals surface area contributed by atoms with Crippen molar-refractivity contribution in [1.82, 2.24) is 4.90 Å². The van der Waals surface area contributed by atoms with Gasteiger partial charge in [-0.1, -0.05) is 18.2 Å². The minimum Gasteiger partial charge on any atom is -0.481 e. The van der Waals surface area contributed by atoms with Crippen molar-refractivity contribution in [3.05, 3.63) is 35.6 Å². The molecule has 0 saturated carbocycles. The fraction of sp³-hybridized carbons (Fsp3) is 0.385. The van der Waals surface area contributed by atoms with Gasteiger partial charge in [-0.25, -0.2) is 4.39 Å². The lowest BCUT2D eigenvalue weighted by atomic mass is 10.1. The second-order valence-corrected chi connectivity index (χ2v) is 4.43. The van der Waals surface area contributed by atoms with Crippen molar-refractivity contribution in [2.75, 3.05) is 13.1 Å². The number of halogens is 1. The van der Waals surface area contributed by atoms with Gasteiger partial charge in [0.25, 0.3) is 0 Å². The van der Waals surface area contributed by atoms with E-state index < -0.39 is 17.7 Å². The molecule has 0 bridgehead atoms. The molecule has 1 heterocycles. The fourth-order valence-electron chi connectivity index (χ4n) is 2.10. The molecule has 0 aliphatic carbocycles. The molecule has 4 nitrogen and oxygen atoms in total. The van der Waals surface area contributed by atoms with Crippen LogP contribution in [0.25, 0.3) is 0 Å². The third kappa shape index (κ3) is 2.67. The van der Waals surface area contributed by atoms with Gasteiger partial charge in [0.2, 0.25) is 5.91 Å². The SMILES string of the molecule is O=C(O)C1CCN(C(=O)Cc2ccccc2F)C1. The number of nitrogens with zero attached hydrogens (tertiary/aromatic N) is 1. The number of carbonyl (C=O) groups is 2. The number of likely N-dealkylation sites (tertiary alicyclic amines) is 1. The van der Waals surface area contributed by atoms with Gasteiger partial charge < -0.3 is 10.0 Å². The summed E-state index contributed by atoms with van der Waals surface area (Å²) in [7, 11) is 0. The predicted octanol–water partition coefficient (Wildman–Crippen LogP) is 1.30. The Morgan fingerprint density at radius 1 is 1.39 bits per heavy atom. The van der Waals surface area contributed by atoms with Crippen molar-refractivity contribution in [3.63, 3.8) is 0 Å². The highest BCUT2D eigenvalue weighted by Crippen LogP contribution is 2.18. The first-order chi connectivity index (χ1) is 8.58. The largest absolute Gasteiger partial charge is 0.481 e. The van der Waals surface area contributed by atoms with Gasteiger partial charge in [0.05, 0.1) is 12.3 Å². The van der Waals surface area contributed by atoms with Crippen molar-refractivity contribution in [2.24, 2.45) is 5.92 Å². The van der Waals surface area contributed by atoms with E-state index in [1.165, 1.54) is 11.0 Å². The first-order valence-corrected chi connectivity index (χ1v) is 5.82. The van der Waals surface area contributed by atoms with E-state index in [0.717, 1.165) is 0 Å². The minimum absolute atomic E-state index is 0.0149. The van der Waals surface area contributed by atoms with Gasteiger partial charge in [0.1, 0.15) is 5.82 Å². The van der Waals surface area contributed by atoms with E-state index >= 15 is 0 Å². The van der Waals surface area contributed by atoms with Crippen LogP contribution in [0.5, 0.6) is 0 Å². The number of carboxylic acids is 1. The van der Waals surface area contributed by atoms with E-state index in [-0.39, 0.29) is 18.9 Å². The average molecular weight is 251 g/mol. The van der Waals surface area contributed by atoms with E-state index in [1.54, 1.807) is 18.2 Å². The van der Waals surface area contributed by atoms with Gasteiger partial charge in [0, 0.05) is 13.1 Å². The number of rotatable bonds is 3. The molecular weight excluding hydrogens is 237 g/mol. The molecule has 2 rings (SSSR count). The van der Waals surface area contributed by atoms with Crippen LogP contribution in [-0.2, 0) is 16.0 Å². The Balaban J connectivity index is 1.98. The normalized spacial score (nSPS) is 18.9. The third-order valence-electron chi connectivity index (χ3n) is 3.19. The monoisotopic (exact) mass is 251 g/mol. The third-order valence-corrected chi connectivity index (χ3v) is 3.19. The van der Waals surface area contributed by atoms with Crippen molar-refractivity contribution in [2.45, 2.75) is 12.8 Å². The predicted molar refractivity (Wildman–Crippen MR) is 62.4 cm³/mol. The van der Waals surface area contributed by atoms with E-state index in [0.29, 0.717) is 18.5 Å². The lowest BCUT2D eigenvalue weighted by Crippen LogP contribution is -2.31. The number of amides is 1. The van der Waals surface area contributed by atoms with Gasteiger partial charge in [-0.2, -0.15) is 0 Å². The molecule has 0 spiro atoms. The lowest BCUT2D eigenvalue weighted by Gasteiger charge is -2.15. The fourth-order valence-corrected chi connectivity index (χ4v) is 2.10. The zero-order chi connectivity index (χ0) is 13.1. The lowest BCUT2D eigenvalue weighted by molar-refractivity contribution is -0.141.